The SMILES string of the molecule is [CH2][C@H](C)NC(=O)C(F)(F)F. The van der Waals surface area contributed by atoms with Crippen molar-refractivity contribution in [1.82, 2.24) is 5.32 Å². The van der Waals surface area contributed by atoms with Crippen molar-refractivity contribution in [2.75, 3.05) is 0 Å². The number of hydrogen-bond donors (Lipinski definition) is 1. The van der Waals surface area contributed by atoms with Gasteiger partial charge in [-0.1, -0.05) is 0 Å². The molecule has 0 rings (SSSR count). The Hall–Kier alpha value is -0.740. The summed E-state index contributed by atoms with van der Waals surface area (Å²) >= 11 is 0. The minimum Gasteiger partial charge on any atom is -0.346 e. The molecule has 59 valence electrons. The third kappa shape index (κ3) is 3.32. The monoisotopic (exact) mass is 154 g/mol. The lowest BCUT2D eigenvalue weighted by molar-refractivity contribution is -0.174. The smallest absolute Gasteiger partial charge is 0.346 e. The van der Waals surface area contributed by atoms with Crippen LogP contribution in [0.3, 0.4) is 0 Å². The summed E-state index contributed by atoms with van der Waals surface area (Å²) in [4.78, 5) is 10.00. The average Bonchev–Trinajstić information content (AvgIpc) is 1.60. The topological polar surface area (TPSA) is 29.1 Å². The first-order valence-electron chi connectivity index (χ1n) is 2.55. The van der Waals surface area contributed by atoms with Crippen molar-refractivity contribution < 1.29 is 18.0 Å². The molecule has 0 saturated carbocycles. The molecule has 0 unspecified atom stereocenters. The second-order valence-electron chi connectivity index (χ2n) is 1.87. The Bertz CT molecular complexity index is 129. The number of carbonyl (C=O) groups is 1. The lowest BCUT2D eigenvalue weighted by Crippen LogP contribution is -2.40. The first-order chi connectivity index (χ1) is 4.34. The Morgan fingerprint density at radius 3 is 2.10 bits per heavy atom. The number of rotatable bonds is 1. The van der Waals surface area contributed by atoms with Crippen molar-refractivity contribution in [2.24, 2.45) is 0 Å². The first-order valence-corrected chi connectivity index (χ1v) is 2.55. The van der Waals surface area contributed by atoms with E-state index in [4.69, 9.17) is 0 Å². The van der Waals surface area contributed by atoms with Crippen LogP contribution in [-0.4, -0.2) is 18.1 Å². The highest BCUT2D eigenvalue weighted by Gasteiger charge is 2.38. The van der Waals surface area contributed by atoms with Crippen LogP contribution in [-0.2, 0) is 4.79 Å². The fourth-order valence-electron chi connectivity index (χ4n) is 0.306. The van der Waals surface area contributed by atoms with Crippen molar-refractivity contribution in [2.45, 2.75) is 19.1 Å². The van der Waals surface area contributed by atoms with Crippen LogP contribution in [0.25, 0.3) is 0 Å². The molecule has 0 aliphatic rings. The van der Waals surface area contributed by atoms with Gasteiger partial charge in [-0.25, -0.2) is 0 Å². The number of nitrogens with one attached hydrogen (secondary N) is 1. The molecule has 0 aromatic heterocycles. The van der Waals surface area contributed by atoms with Crippen LogP contribution in [0.5, 0.6) is 0 Å². The van der Waals surface area contributed by atoms with Gasteiger partial charge in [0.25, 0.3) is 0 Å². The summed E-state index contributed by atoms with van der Waals surface area (Å²) < 4.78 is 34.1. The summed E-state index contributed by atoms with van der Waals surface area (Å²) in [6.07, 6.45) is -4.80. The van der Waals surface area contributed by atoms with Crippen molar-refractivity contribution in [3.63, 3.8) is 0 Å². The predicted octanol–water partition coefficient (Wildman–Crippen LogP) is 0.887. The Balaban J connectivity index is 3.87. The number of halogens is 3. The van der Waals surface area contributed by atoms with E-state index < -0.39 is 18.1 Å². The largest absolute Gasteiger partial charge is 0.471 e. The van der Waals surface area contributed by atoms with E-state index in [1.807, 2.05) is 0 Å². The maximum Gasteiger partial charge on any atom is 0.471 e. The van der Waals surface area contributed by atoms with Gasteiger partial charge in [-0.2, -0.15) is 13.2 Å². The number of carbonyl (C=O) groups excluding carboxylic acids is 1. The molecule has 5 heteroatoms. The lowest BCUT2D eigenvalue weighted by Gasteiger charge is -2.09. The summed E-state index contributed by atoms with van der Waals surface area (Å²) in [5, 5.41) is 1.61. The van der Waals surface area contributed by atoms with E-state index in [1.165, 1.54) is 6.92 Å². The van der Waals surface area contributed by atoms with Crippen LogP contribution in [0.15, 0.2) is 0 Å². The van der Waals surface area contributed by atoms with Gasteiger partial charge >= 0.3 is 12.1 Å². The third-order valence-electron chi connectivity index (χ3n) is 0.635. The molecule has 0 aromatic rings. The van der Waals surface area contributed by atoms with Crippen LogP contribution in [0.1, 0.15) is 6.92 Å². The summed E-state index contributed by atoms with van der Waals surface area (Å²) in [5.41, 5.74) is 0. The fourth-order valence-corrected chi connectivity index (χ4v) is 0.306. The standard InChI is InChI=1S/C5H7F3NO/c1-3(2)9-4(10)5(6,7)8/h3H,1H2,2H3,(H,9,10)/t3-/m1/s1. The van der Waals surface area contributed by atoms with Crippen LogP contribution >= 0.6 is 0 Å². The maximum absolute atomic E-state index is 11.4. The zero-order chi connectivity index (χ0) is 8.36. The van der Waals surface area contributed by atoms with Gasteiger partial charge in [0.2, 0.25) is 0 Å². The normalized spacial score (nSPS) is 11.8. The molecule has 10 heavy (non-hydrogen) atoms. The van der Waals surface area contributed by atoms with Gasteiger partial charge < -0.3 is 5.32 Å². The molecule has 0 heterocycles. The molecule has 1 atom stereocenters. The Morgan fingerprint density at radius 2 is 2.00 bits per heavy atom. The van der Waals surface area contributed by atoms with E-state index in [0.717, 1.165) is 0 Å². The Kier molecular flexibility index (Phi) is 2.68. The molecule has 0 aliphatic heterocycles. The molecule has 1 N–H and O–H groups in total. The maximum atomic E-state index is 11.4. The molecule has 0 saturated heterocycles. The van der Waals surface area contributed by atoms with Crippen molar-refractivity contribution in [1.29, 1.82) is 0 Å². The summed E-state index contributed by atoms with van der Waals surface area (Å²) in [6.45, 7) is 4.51. The number of amides is 1. The van der Waals surface area contributed by atoms with Gasteiger partial charge in [-0.15, -0.1) is 0 Å². The van der Waals surface area contributed by atoms with E-state index in [1.54, 1.807) is 5.32 Å². The molecule has 1 amide bonds. The highest BCUT2D eigenvalue weighted by molar-refractivity contribution is 5.81. The summed E-state index contributed by atoms with van der Waals surface area (Å²) in [6, 6.07) is -0.728. The summed E-state index contributed by atoms with van der Waals surface area (Å²) in [7, 11) is 0. The average molecular weight is 154 g/mol. The van der Waals surface area contributed by atoms with Gasteiger partial charge in [0.05, 0.1) is 0 Å². The van der Waals surface area contributed by atoms with E-state index in [0.29, 0.717) is 0 Å². The molecule has 0 bridgehead atoms. The molecular weight excluding hydrogens is 147 g/mol. The Labute approximate surface area is 56.4 Å². The zero-order valence-electron chi connectivity index (χ0n) is 5.33. The molecule has 0 aromatic carbocycles. The molecule has 0 spiro atoms. The van der Waals surface area contributed by atoms with Crippen molar-refractivity contribution >= 4 is 5.91 Å². The predicted molar refractivity (Wildman–Crippen MR) is 29.0 cm³/mol. The minimum atomic E-state index is -4.80. The highest BCUT2D eigenvalue weighted by atomic mass is 19.4. The van der Waals surface area contributed by atoms with E-state index >= 15 is 0 Å². The van der Waals surface area contributed by atoms with Gasteiger partial charge in [0, 0.05) is 6.04 Å². The third-order valence-corrected chi connectivity index (χ3v) is 0.635. The molecule has 0 aliphatic carbocycles. The quantitative estimate of drug-likeness (QED) is 0.597. The van der Waals surface area contributed by atoms with Gasteiger partial charge in [-0.3, -0.25) is 4.79 Å². The van der Waals surface area contributed by atoms with Crippen LogP contribution in [0.2, 0.25) is 0 Å². The molecule has 1 radical (unpaired) electrons. The molecule has 0 fully saturated rings. The van der Waals surface area contributed by atoms with E-state index in [2.05, 4.69) is 6.92 Å². The van der Waals surface area contributed by atoms with Gasteiger partial charge in [-0.05, 0) is 13.8 Å². The Morgan fingerprint density at radius 1 is 1.60 bits per heavy atom. The van der Waals surface area contributed by atoms with E-state index in [-0.39, 0.29) is 0 Å². The van der Waals surface area contributed by atoms with Crippen molar-refractivity contribution in [3.05, 3.63) is 6.92 Å². The molecular formula is C5H7F3NO. The van der Waals surface area contributed by atoms with Crippen LogP contribution < -0.4 is 5.32 Å². The second kappa shape index (κ2) is 2.90. The van der Waals surface area contributed by atoms with Crippen LogP contribution in [0.4, 0.5) is 13.2 Å². The minimum absolute atomic E-state index is 0.728. The zero-order valence-corrected chi connectivity index (χ0v) is 5.33. The summed E-state index contributed by atoms with van der Waals surface area (Å²) in [5.74, 6) is -1.95. The number of hydrogen-bond acceptors (Lipinski definition) is 1. The highest BCUT2D eigenvalue weighted by Crippen LogP contribution is 2.14. The van der Waals surface area contributed by atoms with Gasteiger partial charge in [0.1, 0.15) is 0 Å². The van der Waals surface area contributed by atoms with Crippen molar-refractivity contribution in [3.8, 4) is 0 Å². The first kappa shape index (κ1) is 9.26. The number of alkyl halides is 3. The van der Waals surface area contributed by atoms with Crippen LogP contribution in [0, 0.1) is 6.92 Å². The second-order valence-corrected chi connectivity index (χ2v) is 1.87. The molecule has 2 nitrogen and oxygen atoms in total. The lowest BCUT2D eigenvalue weighted by atomic mass is 10.4. The van der Waals surface area contributed by atoms with E-state index in [9.17, 15) is 18.0 Å². The fraction of sp³-hybridized carbons (Fsp3) is 0.600. The van der Waals surface area contributed by atoms with Gasteiger partial charge in [0.15, 0.2) is 0 Å².